The normalized spacial score (nSPS) is 16.9. The summed E-state index contributed by atoms with van der Waals surface area (Å²) in [5.41, 5.74) is 6.96. The second-order valence-corrected chi connectivity index (χ2v) is 7.53. The van der Waals surface area contributed by atoms with Crippen molar-refractivity contribution in [3.8, 4) is 5.75 Å². The molecule has 31 heavy (non-hydrogen) atoms. The van der Waals surface area contributed by atoms with Crippen LogP contribution in [0.25, 0.3) is 10.8 Å². The van der Waals surface area contributed by atoms with Crippen molar-refractivity contribution in [1.82, 2.24) is 4.98 Å². The third-order valence-corrected chi connectivity index (χ3v) is 5.52. The number of benzene rings is 2. The van der Waals surface area contributed by atoms with Crippen LogP contribution in [-0.4, -0.2) is 49.0 Å². The zero-order chi connectivity index (χ0) is 22.0. The number of aromatic nitrogens is 1. The van der Waals surface area contributed by atoms with Gasteiger partial charge in [-0.1, -0.05) is 12.1 Å². The largest absolute Gasteiger partial charge is 0.494 e. The van der Waals surface area contributed by atoms with Gasteiger partial charge in [0.15, 0.2) is 11.6 Å². The van der Waals surface area contributed by atoms with Gasteiger partial charge in [-0.15, -0.1) is 0 Å². The number of carbonyl (C=O) groups is 1. The van der Waals surface area contributed by atoms with Gasteiger partial charge >= 0.3 is 0 Å². The number of nitrogens with one attached hydrogen (secondary N) is 1. The predicted octanol–water partition coefficient (Wildman–Crippen LogP) is 2.81. The van der Waals surface area contributed by atoms with Crippen LogP contribution in [0.2, 0.25) is 0 Å². The lowest BCUT2D eigenvalue weighted by molar-refractivity contribution is 0.100. The molecule has 1 aromatic heterocycles. The van der Waals surface area contributed by atoms with Gasteiger partial charge in [-0.3, -0.25) is 4.79 Å². The number of ether oxygens (including phenoxy) is 2. The minimum Gasteiger partial charge on any atom is -0.494 e. The molecule has 0 radical (unpaired) electrons. The van der Waals surface area contributed by atoms with Crippen LogP contribution in [0.1, 0.15) is 34.0 Å². The van der Waals surface area contributed by atoms with Gasteiger partial charge in [-0.05, 0) is 47.7 Å². The number of anilines is 1. The van der Waals surface area contributed by atoms with Crippen LogP contribution in [0.3, 0.4) is 0 Å². The molecule has 0 aliphatic carbocycles. The summed E-state index contributed by atoms with van der Waals surface area (Å²) in [5, 5.41) is 15.1. The topological polar surface area (TPSA) is 107 Å². The molecule has 1 fully saturated rings. The van der Waals surface area contributed by atoms with Crippen LogP contribution in [0.4, 0.5) is 10.2 Å². The SMILES string of the molecule is COc1ccc([C@H](CO)c2nc(NC3CCOC3)cc3cc(C(N)=O)ccc23)cc1F. The Morgan fingerprint density at radius 2 is 2.19 bits per heavy atom. The van der Waals surface area contributed by atoms with Crippen molar-refractivity contribution in [2.24, 2.45) is 5.73 Å². The second-order valence-electron chi connectivity index (χ2n) is 7.53. The van der Waals surface area contributed by atoms with E-state index >= 15 is 0 Å². The Balaban J connectivity index is 1.84. The van der Waals surface area contributed by atoms with E-state index < -0.39 is 17.6 Å². The first-order valence-electron chi connectivity index (χ1n) is 10.0. The van der Waals surface area contributed by atoms with Crippen molar-refractivity contribution in [1.29, 1.82) is 0 Å². The number of halogens is 1. The van der Waals surface area contributed by atoms with E-state index in [1.807, 2.05) is 6.07 Å². The summed E-state index contributed by atoms with van der Waals surface area (Å²) in [7, 11) is 1.40. The van der Waals surface area contributed by atoms with E-state index in [2.05, 4.69) is 5.32 Å². The summed E-state index contributed by atoms with van der Waals surface area (Å²) in [4.78, 5) is 16.4. The van der Waals surface area contributed by atoms with Crippen LogP contribution < -0.4 is 15.8 Å². The molecule has 4 rings (SSSR count). The van der Waals surface area contributed by atoms with Gasteiger partial charge in [0.25, 0.3) is 0 Å². The maximum Gasteiger partial charge on any atom is 0.248 e. The van der Waals surface area contributed by atoms with E-state index in [9.17, 15) is 14.3 Å². The fourth-order valence-corrected chi connectivity index (χ4v) is 3.88. The van der Waals surface area contributed by atoms with Crippen molar-refractivity contribution < 1.29 is 23.8 Å². The molecule has 8 heteroatoms. The molecule has 1 amide bonds. The van der Waals surface area contributed by atoms with Crippen molar-refractivity contribution in [2.75, 3.05) is 32.2 Å². The summed E-state index contributed by atoms with van der Waals surface area (Å²) in [5.74, 6) is -0.914. The Morgan fingerprint density at radius 3 is 2.84 bits per heavy atom. The van der Waals surface area contributed by atoms with Gasteiger partial charge in [0, 0.05) is 17.6 Å². The van der Waals surface area contributed by atoms with Gasteiger partial charge < -0.3 is 25.6 Å². The number of hydrogen-bond donors (Lipinski definition) is 3. The number of primary amides is 1. The molecule has 0 bridgehead atoms. The quantitative estimate of drug-likeness (QED) is 0.537. The number of carbonyl (C=O) groups excluding carboxylic acids is 1. The van der Waals surface area contributed by atoms with Crippen molar-refractivity contribution >= 4 is 22.5 Å². The zero-order valence-corrected chi connectivity index (χ0v) is 17.1. The van der Waals surface area contributed by atoms with E-state index in [0.29, 0.717) is 35.9 Å². The van der Waals surface area contributed by atoms with Gasteiger partial charge in [0.2, 0.25) is 5.91 Å². The molecule has 4 N–H and O–H groups in total. The number of amides is 1. The molecule has 2 aromatic carbocycles. The number of methoxy groups -OCH3 is 1. The van der Waals surface area contributed by atoms with E-state index in [0.717, 1.165) is 17.2 Å². The minimum absolute atomic E-state index is 0.114. The van der Waals surface area contributed by atoms with E-state index in [1.165, 1.54) is 19.2 Å². The average Bonchev–Trinajstić information content (AvgIpc) is 3.27. The zero-order valence-electron chi connectivity index (χ0n) is 17.1. The van der Waals surface area contributed by atoms with Gasteiger partial charge in [0.1, 0.15) is 5.82 Å². The highest BCUT2D eigenvalue weighted by molar-refractivity contribution is 5.98. The molecule has 1 saturated heterocycles. The Kier molecular flexibility index (Phi) is 6.01. The summed E-state index contributed by atoms with van der Waals surface area (Å²) in [6.07, 6.45) is 0.851. The first-order chi connectivity index (χ1) is 15.0. The molecular weight excluding hydrogens is 401 g/mol. The van der Waals surface area contributed by atoms with Crippen LogP contribution in [-0.2, 0) is 4.74 Å². The fourth-order valence-electron chi connectivity index (χ4n) is 3.88. The Labute approximate surface area is 179 Å². The third-order valence-electron chi connectivity index (χ3n) is 5.52. The number of aliphatic hydroxyl groups is 1. The number of nitrogens with two attached hydrogens (primary N) is 1. The number of pyridine rings is 1. The number of aliphatic hydroxyl groups excluding tert-OH is 1. The average molecular weight is 425 g/mol. The number of rotatable bonds is 7. The monoisotopic (exact) mass is 425 g/mol. The predicted molar refractivity (Wildman–Crippen MR) is 115 cm³/mol. The lowest BCUT2D eigenvalue weighted by atomic mass is 9.91. The standard InChI is InChI=1S/C23H24FN3O4/c1-30-20-5-3-13(9-19(20)24)18(11-28)22-17-4-2-14(23(25)29)8-15(17)10-21(27-22)26-16-6-7-31-12-16/h2-5,8-10,16,18,28H,6-7,11-12H2,1H3,(H2,25,29)(H,26,27)/t16?,18-/m0/s1. The third kappa shape index (κ3) is 4.30. The number of fused-ring (bicyclic) bond motifs is 1. The molecular formula is C23H24FN3O4. The van der Waals surface area contributed by atoms with Gasteiger partial charge in [-0.2, -0.15) is 0 Å². The van der Waals surface area contributed by atoms with Crippen LogP contribution in [0.5, 0.6) is 5.75 Å². The summed E-state index contributed by atoms with van der Waals surface area (Å²) < 4.78 is 24.8. The Bertz CT molecular complexity index is 1120. The molecule has 0 saturated carbocycles. The lowest BCUT2D eigenvalue weighted by Crippen LogP contribution is -2.20. The first-order valence-corrected chi connectivity index (χ1v) is 10.0. The molecule has 3 aromatic rings. The van der Waals surface area contributed by atoms with Crippen molar-refractivity contribution in [3.05, 3.63) is 65.1 Å². The molecule has 2 atom stereocenters. The Morgan fingerprint density at radius 1 is 1.35 bits per heavy atom. The molecule has 7 nitrogen and oxygen atoms in total. The van der Waals surface area contributed by atoms with E-state index in [1.54, 1.807) is 24.3 Å². The van der Waals surface area contributed by atoms with Crippen LogP contribution in [0, 0.1) is 5.82 Å². The van der Waals surface area contributed by atoms with Gasteiger partial charge in [0.05, 0.1) is 38.0 Å². The molecule has 1 aliphatic heterocycles. The fraction of sp³-hybridized carbons (Fsp3) is 0.304. The summed E-state index contributed by atoms with van der Waals surface area (Å²) in [6, 6.07) is 11.6. The van der Waals surface area contributed by atoms with Crippen molar-refractivity contribution in [2.45, 2.75) is 18.4 Å². The first kappa shape index (κ1) is 21.0. The van der Waals surface area contributed by atoms with E-state index in [4.69, 9.17) is 20.2 Å². The van der Waals surface area contributed by atoms with Gasteiger partial charge in [-0.25, -0.2) is 9.37 Å². The van der Waals surface area contributed by atoms with Crippen LogP contribution in [0.15, 0.2) is 42.5 Å². The molecule has 1 aliphatic rings. The summed E-state index contributed by atoms with van der Waals surface area (Å²) in [6.45, 7) is 0.971. The molecule has 2 heterocycles. The summed E-state index contributed by atoms with van der Waals surface area (Å²) >= 11 is 0. The highest BCUT2D eigenvalue weighted by Gasteiger charge is 2.22. The smallest absolute Gasteiger partial charge is 0.248 e. The lowest BCUT2D eigenvalue weighted by Gasteiger charge is -2.20. The molecule has 162 valence electrons. The maximum atomic E-state index is 14.4. The number of nitrogens with zero attached hydrogens (tertiary/aromatic N) is 1. The Hall–Kier alpha value is -3.23. The van der Waals surface area contributed by atoms with Crippen molar-refractivity contribution in [3.63, 3.8) is 0 Å². The molecule has 0 spiro atoms. The second kappa shape index (κ2) is 8.87. The maximum absolute atomic E-state index is 14.4. The van der Waals surface area contributed by atoms with E-state index in [-0.39, 0.29) is 18.4 Å². The highest BCUT2D eigenvalue weighted by Crippen LogP contribution is 2.33. The molecule has 1 unspecified atom stereocenters. The minimum atomic E-state index is -0.580. The van der Waals surface area contributed by atoms with Crippen LogP contribution >= 0.6 is 0 Å². The number of hydrogen-bond acceptors (Lipinski definition) is 6. The highest BCUT2D eigenvalue weighted by atomic mass is 19.1.